The third-order valence-electron chi connectivity index (χ3n) is 3.91. The second-order valence-electron chi connectivity index (χ2n) is 6.59. The molecule has 0 radical (unpaired) electrons. The quantitative estimate of drug-likeness (QED) is 0.288. The van der Waals surface area contributed by atoms with E-state index in [0.29, 0.717) is 31.3 Å². The average molecular weight is 511 g/mol. The number of aromatic nitrogens is 1. The lowest BCUT2D eigenvalue weighted by atomic mass is 10.2. The predicted octanol–water partition coefficient (Wildman–Crippen LogP) is 3.28. The van der Waals surface area contributed by atoms with Crippen LogP contribution in [0.25, 0.3) is 0 Å². The largest absolute Gasteiger partial charge is 0.489 e. The molecule has 29 heavy (non-hydrogen) atoms. The van der Waals surface area contributed by atoms with Gasteiger partial charge in [-0.1, -0.05) is 18.2 Å². The molecule has 2 aromatic rings. The second-order valence-corrected chi connectivity index (χ2v) is 6.59. The molecule has 158 valence electrons. The van der Waals surface area contributed by atoms with Gasteiger partial charge in [0.05, 0.1) is 6.54 Å². The van der Waals surface area contributed by atoms with Crippen molar-refractivity contribution in [2.24, 2.45) is 4.99 Å². The van der Waals surface area contributed by atoms with E-state index >= 15 is 0 Å². The van der Waals surface area contributed by atoms with E-state index in [1.54, 1.807) is 13.1 Å². The molecule has 8 heteroatoms. The van der Waals surface area contributed by atoms with E-state index in [9.17, 15) is 4.79 Å². The van der Waals surface area contributed by atoms with Crippen LogP contribution in [0, 0.1) is 13.8 Å². The van der Waals surface area contributed by atoms with Gasteiger partial charge in [-0.05, 0) is 50.6 Å². The Balaban J connectivity index is 0.00000420. The van der Waals surface area contributed by atoms with Crippen molar-refractivity contribution in [3.63, 3.8) is 0 Å². The molecule has 1 heterocycles. The molecule has 1 amide bonds. The Kier molecular flexibility index (Phi) is 11.0. The molecule has 0 aliphatic rings. The van der Waals surface area contributed by atoms with Crippen LogP contribution >= 0.6 is 24.0 Å². The molecule has 0 spiro atoms. The van der Waals surface area contributed by atoms with Gasteiger partial charge in [-0.3, -0.25) is 9.79 Å². The van der Waals surface area contributed by atoms with Crippen molar-refractivity contribution >= 4 is 41.7 Å². The number of hydrogen-bond donors (Lipinski definition) is 3. The molecule has 1 aromatic heterocycles. The minimum absolute atomic E-state index is 0. The molecule has 1 unspecified atom stereocenters. The van der Waals surface area contributed by atoms with Gasteiger partial charge < -0.3 is 20.7 Å². The summed E-state index contributed by atoms with van der Waals surface area (Å²) in [6.45, 7) is 6.96. The first-order valence-electron chi connectivity index (χ1n) is 9.37. The number of hydrogen-bond acceptors (Lipinski definition) is 4. The number of pyridine rings is 1. The van der Waals surface area contributed by atoms with Gasteiger partial charge in [0.25, 0.3) is 0 Å². The highest BCUT2D eigenvalue weighted by atomic mass is 127. The van der Waals surface area contributed by atoms with Crippen LogP contribution in [0.1, 0.15) is 24.6 Å². The van der Waals surface area contributed by atoms with Crippen LogP contribution in [-0.2, 0) is 4.79 Å². The molecule has 3 N–H and O–H groups in total. The van der Waals surface area contributed by atoms with Crippen molar-refractivity contribution in [3.05, 3.63) is 53.7 Å². The number of carbonyl (C=O) groups excluding carboxylic acids is 1. The highest BCUT2D eigenvalue weighted by molar-refractivity contribution is 14.0. The second kappa shape index (κ2) is 13.0. The summed E-state index contributed by atoms with van der Waals surface area (Å²) in [5.41, 5.74) is 2.02. The normalized spacial score (nSPS) is 11.8. The zero-order valence-corrected chi connectivity index (χ0v) is 19.7. The number of guanidine groups is 1. The predicted molar refractivity (Wildman–Crippen MR) is 128 cm³/mol. The molecule has 0 saturated carbocycles. The van der Waals surface area contributed by atoms with Crippen LogP contribution in [0.3, 0.4) is 0 Å². The van der Waals surface area contributed by atoms with Crippen LogP contribution in [-0.4, -0.2) is 43.1 Å². The molecule has 0 saturated heterocycles. The van der Waals surface area contributed by atoms with Gasteiger partial charge in [0.2, 0.25) is 5.91 Å². The maximum Gasteiger partial charge on any atom is 0.227 e. The topological polar surface area (TPSA) is 87.6 Å². The van der Waals surface area contributed by atoms with Crippen LogP contribution in [0.5, 0.6) is 5.75 Å². The van der Waals surface area contributed by atoms with Crippen molar-refractivity contribution in [2.75, 3.05) is 25.5 Å². The van der Waals surface area contributed by atoms with Gasteiger partial charge in [0.1, 0.15) is 17.7 Å². The van der Waals surface area contributed by atoms with E-state index in [0.717, 1.165) is 17.0 Å². The summed E-state index contributed by atoms with van der Waals surface area (Å²) in [5.74, 6) is 1.94. The van der Waals surface area contributed by atoms with Crippen molar-refractivity contribution in [1.82, 2.24) is 15.6 Å². The van der Waals surface area contributed by atoms with Crippen molar-refractivity contribution < 1.29 is 9.53 Å². The molecule has 0 fully saturated rings. The van der Waals surface area contributed by atoms with Gasteiger partial charge in [-0.25, -0.2) is 4.98 Å². The van der Waals surface area contributed by atoms with Crippen LogP contribution in [0.4, 0.5) is 5.82 Å². The lowest BCUT2D eigenvalue weighted by Crippen LogP contribution is -2.42. The Morgan fingerprint density at radius 2 is 1.93 bits per heavy atom. The number of amides is 1. The standard InChI is InChI=1S/C21H29N5O2.HI/c1-15-7-5-9-18(13-15)28-17(3)14-24-21(22-4)23-12-11-20(27)26-19-10-6-8-16(2)25-19;/h5-10,13,17H,11-12,14H2,1-4H3,(H2,22,23,24)(H,25,26,27);1H. The van der Waals surface area contributed by atoms with Crippen LogP contribution in [0.15, 0.2) is 47.5 Å². The number of aliphatic imine (C=N–C) groups is 1. The number of ether oxygens (including phenoxy) is 1. The number of carbonyl (C=O) groups is 1. The van der Waals surface area contributed by atoms with E-state index in [1.807, 2.05) is 57.2 Å². The third kappa shape index (κ3) is 9.60. The fourth-order valence-corrected chi connectivity index (χ4v) is 2.54. The summed E-state index contributed by atoms with van der Waals surface area (Å²) >= 11 is 0. The molecule has 0 aliphatic heterocycles. The lowest BCUT2D eigenvalue weighted by Gasteiger charge is -2.18. The fourth-order valence-electron chi connectivity index (χ4n) is 2.54. The van der Waals surface area contributed by atoms with Crippen LogP contribution in [0.2, 0.25) is 0 Å². The number of benzene rings is 1. The number of aryl methyl sites for hydroxylation is 2. The lowest BCUT2D eigenvalue weighted by molar-refractivity contribution is -0.116. The van der Waals surface area contributed by atoms with Gasteiger partial charge >= 0.3 is 0 Å². The Hall–Kier alpha value is -2.36. The van der Waals surface area contributed by atoms with Gasteiger partial charge in [0, 0.05) is 25.7 Å². The molecular formula is C21H30IN5O2. The molecule has 7 nitrogen and oxygen atoms in total. The highest BCUT2D eigenvalue weighted by Gasteiger charge is 2.07. The van der Waals surface area contributed by atoms with Crippen LogP contribution < -0.4 is 20.7 Å². The zero-order chi connectivity index (χ0) is 20.4. The summed E-state index contributed by atoms with van der Waals surface area (Å²) < 4.78 is 5.89. The van der Waals surface area contributed by atoms with Gasteiger partial charge in [-0.15, -0.1) is 24.0 Å². The molecular weight excluding hydrogens is 481 g/mol. The maximum atomic E-state index is 12.0. The Bertz CT molecular complexity index is 813. The molecule has 1 aromatic carbocycles. The molecule has 2 rings (SSSR count). The van der Waals surface area contributed by atoms with E-state index in [4.69, 9.17) is 4.74 Å². The van der Waals surface area contributed by atoms with E-state index in [2.05, 4.69) is 25.9 Å². The summed E-state index contributed by atoms with van der Waals surface area (Å²) in [6, 6.07) is 13.5. The highest BCUT2D eigenvalue weighted by Crippen LogP contribution is 2.13. The first-order chi connectivity index (χ1) is 13.5. The number of nitrogens with one attached hydrogen (secondary N) is 3. The molecule has 0 aliphatic carbocycles. The summed E-state index contributed by atoms with van der Waals surface area (Å²) in [5, 5.41) is 9.12. The summed E-state index contributed by atoms with van der Waals surface area (Å²) in [7, 11) is 1.69. The van der Waals surface area contributed by atoms with Gasteiger partial charge in [-0.2, -0.15) is 0 Å². The van der Waals surface area contributed by atoms with Crippen molar-refractivity contribution in [1.29, 1.82) is 0 Å². The summed E-state index contributed by atoms with van der Waals surface area (Å²) in [4.78, 5) is 20.4. The van der Waals surface area contributed by atoms with E-state index < -0.39 is 0 Å². The first kappa shape index (κ1) is 24.7. The third-order valence-corrected chi connectivity index (χ3v) is 3.91. The summed E-state index contributed by atoms with van der Waals surface area (Å²) in [6.07, 6.45) is 0.280. The van der Waals surface area contributed by atoms with E-state index in [-0.39, 0.29) is 36.0 Å². The monoisotopic (exact) mass is 511 g/mol. The van der Waals surface area contributed by atoms with Crippen molar-refractivity contribution in [2.45, 2.75) is 33.3 Å². The minimum Gasteiger partial charge on any atom is -0.489 e. The Morgan fingerprint density at radius 1 is 1.17 bits per heavy atom. The minimum atomic E-state index is -0.0998. The fraction of sp³-hybridized carbons (Fsp3) is 0.381. The molecule has 1 atom stereocenters. The smallest absolute Gasteiger partial charge is 0.227 e. The van der Waals surface area contributed by atoms with E-state index in [1.165, 1.54) is 0 Å². The number of nitrogens with zero attached hydrogens (tertiary/aromatic N) is 2. The van der Waals surface area contributed by atoms with Gasteiger partial charge in [0.15, 0.2) is 5.96 Å². The number of anilines is 1. The van der Waals surface area contributed by atoms with Crippen molar-refractivity contribution in [3.8, 4) is 5.75 Å². The SMILES string of the molecule is CN=C(NCCC(=O)Nc1cccc(C)n1)NCC(C)Oc1cccc(C)c1.I. The number of halogens is 1. The number of rotatable bonds is 8. The Morgan fingerprint density at radius 3 is 2.62 bits per heavy atom. The average Bonchev–Trinajstić information content (AvgIpc) is 2.64. The first-order valence-corrected chi connectivity index (χ1v) is 9.37. The maximum absolute atomic E-state index is 12.0. The zero-order valence-electron chi connectivity index (χ0n) is 17.4. The Labute approximate surface area is 189 Å². The molecule has 0 bridgehead atoms.